The van der Waals surface area contributed by atoms with Gasteiger partial charge >= 0.3 is 0 Å². The second kappa shape index (κ2) is 14.3. The van der Waals surface area contributed by atoms with E-state index in [0.717, 1.165) is 24.8 Å². The Morgan fingerprint density at radius 3 is 2.25 bits per heavy atom. The highest BCUT2D eigenvalue weighted by Gasteiger charge is 2.29. The molecule has 1 aromatic carbocycles. The van der Waals surface area contributed by atoms with E-state index in [-0.39, 0.29) is 47.3 Å². The first-order valence-electron chi connectivity index (χ1n) is 10.3. The fourth-order valence-corrected chi connectivity index (χ4v) is 4.55. The molecule has 2 rings (SSSR count). The Kier molecular flexibility index (Phi) is 13.5. The van der Waals surface area contributed by atoms with Crippen LogP contribution in [0.15, 0.2) is 29.2 Å². The lowest BCUT2D eigenvalue weighted by molar-refractivity contribution is -0.134. The summed E-state index contributed by atoms with van der Waals surface area (Å²) in [7, 11) is -3.82. The molecule has 1 atom stereocenters. The monoisotopic (exact) mass is 508 g/mol. The standard InChI is InChI=1S/C20H32N6O3S.2ClH/c1-15-8-10-16(11-9-15)30(28,29)25-17(20(27)26-13-5-2-6-14-26)7-3-4-12-24-19(23)18(21)22;;/h8-11,17,25H,2-7,12-14H2,1H3,(H3,21,22)(H2,23,24);2*1H. The Hall–Kier alpha value is -1.88. The minimum atomic E-state index is -3.82. The topological polar surface area (TPSA) is 152 Å². The van der Waals surface area contributed by atoms with E-state index in [4.69, 9.17) is 16.6 Å². The number of amidine groups is 2. The molecule has 0 radical (unpaired) electrons. The molecule has 182 valence electrons. The number of benzene rings is 1. The zero-order valence-electron chi connectivity index (χ0n) is 18.2. The van der Waals surface area contributed by atoms with Gasteiger partial charge in [-0.25, -0.2) is 8.42 Å². The molecule has 1 aromatic rings. The lowest BCUT2D eigenvalue weighted by Crippen LogP contribution is -2.50. The molecule has 0 bridgehead atoms. The summed E-state index contributed by atoms with van der Waals surface area (Å²) in [5.41, 5.74) is 6.18. The molecule has 32 heavy (non-hydrogen) atoms. The number of likely N-dealkylation sites (tertiary alicyclic amines) is 1. The van der Waals surface area contributed by atoms with E-state index >= 15 is 0 Å². The number of nitrogens with one attached hydrogen (secondary N) is 4. The predicted molar refractivity (Wildman–Crippen MR) is 132 cm³/mol. The number of unbranched alkanes of at least 4 members (excludes halogenated alkanes) is 1. The summed E-state index contributed by atoms with van der Waals surface area (Å²) < 4.78 is 28.3. The van der Waals surface area contributed by atoms with Crippen LogP contribution in [0.2, 0.25) is 0 Å². The smallest absolute Gasteiger partial charge is 0.241 e. The first-order chi connectivity index (χ1) is 14.2. The maximum Gasteiger partial charge on any atom is 0.241 e. The third-order valence-corrected chi connectivity index (χ3v) is 6.57. The first-order valence-corrected chi connectivity index (χ1v) is 11.7. The van der Waals surface area contributed by atoms with Crippen molar-refractivity contribution in [3.63, 3.8) is 0 Å². The normalized spacial score (nSPS) is 14.5. The molecule has 0 aliphatic carbocycles. The van der Waals surface area contributed by atoms with E-state index in [2.05, 4.69) is 10.0 Å². The fraction of sp³-hybridized carbons (Fsp3) is 0.550. The molecule has 1 saturated heterocycles. The van der Waals surface area contributed by atoms with Crippen LogP contribution in [-0.4, -0.2) is 56.6 Å². The fourth-order valence-electron chi connectivity index (χ4n) is 3.32. The number of carbonyl (C=O) groups is 1. The van der Waals surface area contributed by atoms with Crippen LogP contribution in [-0.2, 0) is 14.8 Å². The van der Waals surface area contributed by atoms with Gasteiger partial charge in [0.25, 0.3) is 0 Å². The second-order valence-electron chi connectivity index (χ2n) is 7.58. The number of halogens is 2. The van der Waals surface area contributed by atoms with Crippen LogP contribution in [0.4, 0.5) is 0 Å². The van der Waals surface area contributed by atoms with Gasteiger partial charge in [-0.05, 0) is 57.6 Å². The molecule has 0 spiro atoms. The molecule has 1 aliphatic heterocycles. The number of amides is 1. The van der Waals surface area contributed by atoms with Crippen LogP contribution >= 0.6 is 24.8 Å². The van der Waals surface area contributed by atoms with Gasteiger partial charge in [0.15, 0.2) is 11.7 Å². The Morgan fingerprint density at radius 1 is 1.09 bits per heavy atom. The van der Waals surface area contributed by atoms with Crippen LogP contribution < -0.4 is 15.8 Å². The number of carbonyl (C=O) groups excluding carboxylic acids is 1. The van der Waals surface area contributed by atoms with Gasteiger partial charge in [0.05, 0.1) is 4.90 Å². The van der Waals surface area contributed by atoms with Crippen molar-refractivity contribution in [2.75, 3.05) is 19.6 Å². The van der Waals surface area contributed by atoms with Crippen molar-refractivity contribution in [2.45, 2.75) is 56.4 Å². The maximum absolute atomic E-state index is 13.0. The number of aryl methyl sites for hydroxylation is 1. The molecule has 12 heteroatoms. The summed E-state index contributed by atoms with van der Waals surface area (Å²) in [6.45, 7) is 3.61. The average Bonchev–Trinajstić information content (AvgIpc) is 2.72. The molecule has 6 N–H and O–H groups in total. The van der Waals surface area contributed by atoms with E-state index in [0.29, 0.717) is 38.9 Å². The summed E-state index contributed by atoms with van der Waals surface area (Å²) >= 11 is 0. The summed E-state index contributed by atoms with van der Waals surface area (Å²) in [6, 6.07) is 5.70. The average molecular weight is 510 g/mol. The SMILES string of the molecule is Cc1ccc(S(=O)(=O)NC(CCCCNC(=N)C(=N)N)C(=O)N2CCCCC2)cc1.Cl.Cl. The van der Waals surface area contributed by atoms with Crippen molar-refractivity contribution in [1.29, 1.82) is 10.8 Å². The Bertz CT molecular complexity index is 859. The van der Waals surface area contributed by atoms with Crippen molar-refractivity contribution in [1.82, 2.24) is 14.9 Å². The molecule has 1 unspecified atom stereocenters. The van der Waals surface area contributed by atoms with E-state index in [1.54, 1.807) is 17.0 Å². The second-order valence-corrected chi connectivity index (χ2v) is 9.30. The Labute approximate surface area is 202 Å². The molecular formula is C20H34Cl2N6O3S. The van der Waals surface area contributed by atoms with Crippen LogP contribution in [0.1, 0.15) is 44.1 Å². The zero-order valence-corrected chi connectivity index (χ0v) is 20.7. The van der Waals surface area contributed by atoms with Crippen LogP contribution in [0.5, 0.6) is 0 Å². The number of piperidine rings is 1. The minimum Gasteiger partial charge on any atom is -0.381 e. The number of hydrogen-bond acceptors (Lipinski definition) is 5. The molecule has 0 saturated carbocycles. The number of rotatable bonds is 9. The van der Waals surface area contributed by atoms with Gasteiger partial charge in [-0.2, -0.15) is 4.72 Å². The largest absolute Gasteiger partial charge is 0.381 e. The minimum absolute atomic E-state index is 0. The lowest BCUT2D eigenvalue weighted by atomic mass is 10.1. The third kappa shape index (κ3) is 9.32. The van der Waals surface area contributed by atoms with Gasteiger partial charge in [-0.3, -0.25) is 15.6 Å². The van der Waals surface area contributed by atoms with Crippen LogP contribution in [0.25, 0.3) is 0 Å². The molecule has 1 amide bonds. The molecule has 1 fully saturated rings. The zero-order chi connectivity index (χ0) is 22.1. The van der Waals surface area contributed by atoms with Crippen molar-refractivity contribution < 1.29 is 13.2 Å². The third-order valence-electron chi connectivity index (χ3n) is 5.09. The van der Waals surface area contributed by atoms with Gasteiger partial charge < -0.3 is 16.0 Å². The molecule has 1 aliphatic rings. The van der Waals surface area contributed by atoms with Crippen molar-refractivity contribution in [3.8, 4) is 0 Å². The highest BCUT2D eigenvalue weighted by atomic mass is 35.5. The Balaban J connectivity index is 0.00000480. The highest BCUT2D eigenvalue weighted by Crippen LogP contribution is 2.16. The first kappa shape index (κ1) is 30.1. The van der Waals surface area contributed by atoms with Crippen LogP contribution in [0, 0.1) is 17.7 Å². The summed E-state index contributed by atoms with van der Waals surface area (Å²) in [5.74, 6) is -0.662. The van der Waals surface area contributed by atoms with Gasteiger partial charge in [-0.15, -0.1) is 24.8 Å². The molecule has 1 heterocycles. The van der Waals surface area contributed by atoms with Gasteiger partial charge in [0.2, 0.25) is 15.9 Å². The summed E-state index contributed by atoms with van der Waals surface area (Å²) in [5, 5.41) is 17.4. The summed E-state index contributed by atoms with van der Waals surface area (Å²) in [4.78, 5) is 14.9. The maximum atomic E-state index is 13.0. The number of hydrogen-bond donors (Lipinski definition) is 5. The van der Waals surface area contributed by atoms with Gasteiger partial charge in [0, 0.05) is 19.6 Å². The molecular weight excluding hydrogens is 475 g/mol. The molecule has 0 aromatic heterocycles. The van der Waals surface area contributed by atoms with Gasteiger partial charge in [0.1, 0.15) is 6.04 Å². The number of sulfonamides is 1. The van der Waals surface area contributed by atoms with E-state index < -0.39 is 16.1 Å². The quantitative estimate of drug-likeness (QED) is 0.196. The lowest BCUT2D eigenvalue weighted by Gasteiger charge is -2.30. The highest BCUT2D eigenvalue weighted by molar-refractivity contribution is 7.89. The van der Waals surface area contributed by atoms with Crippen molar-refractivity contribution in [2.24, 2.45) is 5.73 Å². The van der Waals surface area contributed by atoms with Crippen molar-refractivity contribution >= 4 is 52.4 Å². The van der Waals surface area contributed by atoms with Gasteiger partial charge in [-0.1, -0.05) is 17.7 Å². The Morgan fingerprint density at radius 2 is 1.69 bits per heavy atom. The number of nitrogens with zero attached hydrogens (tertiary/aromatic N) is 1. The van der Waals surface area contributed by atoms with Crippen molar-refractivity contribution in [3.05, 3.63) is 29.8 Å². The predicted octanol–water partition coefficient (Wildman–Crippen LogP) is 2.17. The summed E-state index contributed by atoms with van der Waals surface area (Å²) in [6.07, 6.45) is 4.50. The number of nitrogens with two attached hydrogens (primary N) is 1. The van der Waals surface area contributed by atoms with E-state index in [1.807, 2.05) is 6.92 Å². The molecule has 9 nitrogen and oxygen atoms in total. The van der Waals surface area contributed by atoms with E-state index in [1.165, 1.54) is 12.1 Å². The van der Waals surface area contributed by atoms with Crippen LogP contribution in [0.3, 0.4) is 0 Å². The van der Waals surface area contributed by atoms with E-state index in [9.17, 15) is 13.2 Å².